The highest BCUT2D eigenvalue weighted by atomic mass is 32.1. The number of H-pyrrole nitrogens is 1. The molecule has 0 saturated carbocycles. The van der Waals surface area contributed by atoms with Crippen molar-refractivity contribution in [3.63, 3.8) is 0 Å². The zero-order chi connectivity index (χ0) is 23.0. The number of nitrogens with one attached hydrogen (secondary N) is 2. The van der Waals surface area contributed by atoms with Gasteiger partial charge in [0.25, 0.3) is 5.91 Å². The van der Waals surface area contributed by atoms with Gasteiger partial charge in [0, 0.05) is 16.8 Å². The molecule has 3 aromatic heterocycles. The van der Waals surface area contributed by atoms with Gasteiger partial charge in [0.2, 0.25) is 5.88 Å². The fourth-order valence-corrected chi connectivity index (χ4v) is 5.18. The quantitative estimate of drug-likeness (QED) is 0.514. The van der Waals surface area contributed by atoms with Crippen LogP contribution in [0.1, 0.15) is 41.9 Å². The van der Waals surface area contributed by atoms with Gasteiger partial charge in [-0.15, -0.1) is 11.3 Å². The molecule has 0 radical (unpaired) electrons. The van der Waals surface area contributed by atoms with Crippen molar-refractivity contribution in [2.45, 2.75) is 32.2 Å². The highest BCUT2D eigenvalue weighted by Gasteiger charge is 2.44. The van der Waals surface area contributed by atoms with Crippen LogP contribution in [0.3, 0.4) is 0 Å². The average Bonchev–Trinajstić information content (AvgIpc) is 3.37. The number of ether oxygens (including phenoxy) is 1. The Labute approximate surface area is 188 Å². The number of aromatic amines is 1. The number of anilines is 1. The summed E-state index contributed by atoms with van der Waals surface area (Å²) >= 11 is 1.54. The van der Waals surface area contributed by atoms with Crippen LogP contribution >= 0.6 is 11.3 Å². The molecule has 2 atom stereocenters. The van der Waals surface area contributed by atoms with Gasteiger partial charge in [-0.1, -0.05) is 6.92 Å². The van der Waals surface area contributed by atoms with Gasteiger partial charge in [-0.3, -0.25) is 19.5 Å². The third-order valence-corrected chi connectivity index (χ3v) is 7.19. The maximum absolute atomic E-state index is 13.3. The fourth-order valence-electron chi connectivity index (χ4n) is 4.01. The molecule has 0 unspecified atom stereocenters. The summed E-state index contributed by atoms with van der Waals surface area (Å²) < 4.78 is 5.01. The Kier molecular flexibility index (Phi) is 5.59. The van der Waals surface area contributed by atoms with Gasteiger partial charge < -0.3 is 20.7 Å². The first-order valence-corrected chi connectivity index (χ1v) is 10.9. The van der Waals surface area contributed by atoms with Gasteiger partial charge in [0.1, 0.15) is 10.4 Å². The lowest BCUT2D eigenvalue weighted by molar-refractivity contribution is -0.150. The number of pyridine rings is 1. The average molecular weight is 457 g/mol. The Hall–Kier alpha value is -3.47. The van der Waals surface area contributed by atoms with Crippen molar-refractivity contribution in [1.82, 2.24) is 20.1 Å². The lowest BCUT2D eigenvalue weighted by Crippen LogP contribution is -2.55. The van der Waals surface area contributed by atoms with Gasteiger partial charge in [-0.2, -0.15) is 5.10 Å². The number of hydrogen-bond donors (Lipinski definition) is 3. The van der Waals surface area contributed by atoms with Crippen LogP contribution in [0, 0.1) is 5.92 Å². The van der Waals surface area contributed by atoms with Gasteiger partial charge in [0.05, 0.1) is 30.7 Å². The number of methoxy groups -OCH3 is 1. The molecule has 168 valence electrons. The van der Waals surface area contributed by atoms with Gasteiger partial charge in [-0.25, -0.2) is 4.98 Å². The molecule has 1 aliphatic heterocycles. The molecule has 4 N–H and O–H groups in total. The maximum atomic E-state index is 13.3. The van der Waals surface area contributed by atoms with E-state index in [9.17, 15) is 14.4 Å². The summed E-state index contributed by atoms with van der Waals surface area (Å²) in [7, 11) is 1.36. The summed E-state index contributed by atoms with van der Waals surface area (Å²) in [4.78, 5) is 45.4. The van der Waals surface area contributed by atoms with E-state index < -0.39 is 23.3 Å². The number of carbonyl (C=O) groups is 3. The van der Waals surface area contributed by atoms with E-state index >= 15 is 0 Å². The predicted molar refractivity (Wildman–Crippen MR) is 119 cm³/mol. The van der Waals surface area contributed by atoms with E-state index in [-0.39, 0.29) is 23.0 Å². The smallest absolute Gasteiger partial charge is 0.313 e. The molecule has 3 aromatic rings. The number of amides is 3. The molecule has 3 amide bonds. The first kappa shape index (κ1) is 21.8. The number of thiophene rings is 1. The van der Waals surface area contributed by atoms with Crippen LogP contribution in [0.15, 0.2) is 24.5 Å². The summed E-state index contributed by atoms with van der Waals surface area (Å²) in [6.45, 7) is 4.51. The van der Waals surface area contributed by atoms with Gasteiger partial charge in [0.15, 0.2) is 0 Å². The summed E-state index contributed by atoms with van der Waals surface area (Å²) in [5, 5.41) is 10.5. The Morgan fingerprint density at radius 2 is 2.12 bits per heavy atom. The minimum absolute atomic E-state index is 0.0106. The second-order valence-electron chi connectivity index (χ2n) is 8.20. The molecular formula is C21H24N6O4S. The zero-order valence-electron chi connectivity index (χ0n) is 18.0. The van der Waals surface area contributed by atoms with Crippen molar-refractivity contribution >= 4 is 45.0 Å². The van der Waals surface area contributed by atoms with Gasteiger partial charge in [-0.05, 0) is 37.8 Å². The van der Waals surface area contributed by atoms with Gasteiger partial charge >= 0.3 is 11.8 Å². The van der Waals surface area contributed by atoms with Crippen LogP contribution in [-0.4, -0.2) is 51.5 Å². The number of likely N-dealkylation sites (tertiary alicyclic amines) is 1. The highest BCUT2D eigenvalue weighted by molar-refractivity contribution is 7.18. The Morgan fingerprint density at radius 3 is 2.81 bits per heavy atom. The number of carbonyl (C=O) groups excluding carboxylic acids is 3. The van der Waals surface area contributed by atoms with E-state index in [1.165, 1.54) is 30.7 Å². The Morgan fingerprint density at radius 1 is 1.34 bits per heavy atom. The standard InChI is InChI=1S/C21H24N6O4S/c1-11-4-5-21(2,15-6-12-8-24-26-19(12)32-15)27(10-11)20(30)17(29)25-13-7-14(16(22)28)18(31-3)23-9-13/h6-9,11H,4-5,10H2,1-3H3,(H2,22,28)(H,24,26)(H,25,29)/t11-,21-/m0/s1. The van der Waals surface area contributed by atoms with Crippen LogP contribution in [0.25, 0.3) is 10.2 Å². The molecule has 0 bridgehead atoms. The van der Waals surface area contributed by atoms with Crippen molar-refractivity contribution < 1.29 is 19.1 Å². The second-order valence-corrected chi connectivity index (χ2v) is 9.25. The minimum atomic E-state index is -0.809. The molecule has 10 nitrogen and oxygen atoms in total. The molecule has 1 saturated heterocycles. The highest BCUT2D eigenvalue weighted by Crippen LogP contribution is 2.43. The number of primary amides is 1. The summed E-state index contributed by atoms with van der Waals surface area (Å²) in [5.74, 6) is -1.91. The number of aromatic nitrogens is 3. The van der Waals surface area contributed by atoms with E-state index in [0.717, 1.165) is 27.9 Å². The first-order valence-electron chi connectivity index (χ1n) is 10.1. The molecule has 0 spiro atoms. The summed E-state index contributed by atoms with van der Waals surface area (Å²) in [5.41, 5.74) is 4.92. The van der Waals surface area contributed by atoms with Crippen molar-refractivity contribution in [1.29, 1.82) is 0 Å². The van der Waals surface area contributed by atoms with Crippen LogP contribution in [0.5, 0.6) is 5.88 Å². The van der Waals surface area contributed by atoms with Crippen molar-refractivity contribution in [2.75, 3.05) is 19.0 Å². The molecule has 0 aliphatic carbocycles. The number of rotatable bonds is 4. The first-order chi connectivity index (χ1) is 15.2. The van der Waals surface area contributed by atoms with E-state index in [1.54, 1.807) is 11.1 Å². The van der Waals surface area contributed by atoms with Crippen molar-refractivity contribution in [3.8, 4) is 5.88 Å². The second kappa shape index (κ2) is 8.23. The summed E-state index contributed by atoms with van der Waals surface area (Å²) in [6.07, 6.45) is 4.73. The molecule has 11 heteroatoms. The summed E-state index contributed by atoms with van der Waals surface area (Å²) in [6, 6.07) is 3.36. The number of nitrogens with two attached hydrogens (primary N) is 1. The molecular weight excluding hydrogens is 432 g/mol. The largest absolute Gasteiger partial charge is 0.480 e. The zero-order valence-corrected chi connectivity index (χ0v) is 18.8. The predicted octanol–water partition coefficient (Wildman–Crippen LogP) is 2.24. The molecule has 0 aromatic carbocycles. The van der Waals surface area contributed by atoms with Crippen LogP contribution in [0.4, 0.5) is 5.69 Å². The van der Waals surface area contributed by atoms with E-state index in [1.807, 2.05) is 13.0 Å². The molecule has 4 rings (SSSR count). The number of hydrogen-bond acceptors (Lipinski definition) is 7. The molecule has 1 aliphatic rings. The van der Waals surface area contributed by atoms with Crippen molar-refractivity contribution in [2.24, 2.45) is 11.7 Å². The number of piperidine rings is 1. The van der Waals surface area contributed by atoms with Crippen LogP contribution in [0.2, 0.25) is 0 Å². The topological polar surface area (TPSA) is 143 Å². The normalized spacial score (nSPS) is 20.8. The molecule has 1 fully saturated rings. The third kappa shape index (κ3) is 3.79. The molecule has 32 heavy (non-hydrogen) atoms. The lowest BCUT2D eigenvalue weighted by atomic mass is 9.82. The molecule has 4 heterocycles. The lowest BCUT2D eigenvalue weighted by Gasteiger charge is -2.46. The third-order valence-electron chi connectivity index (χ3n) is 5.88. The monoisotopic (exact) mass is 456 g/mol. The minimum Gasteiger partial charge on any atom is -0.480 e. The van der Waals surface area contributed by atoms with E-state index in [2.05, 4.69) is 27.4 Å². The maximum Gasteiger partial charge on any atom is 0.313 e. The number of nitrogens with zero attached hydrogens (tertiary/aromatic N) is 3. The SMILES string of the molecule is COc1ncc(NC(=O)C(=O)N2C[C@@H](C)CC[C@@]2(C)c2cc3cn[nH]c3s2)cc1C(N)=O. The van der Waals surface area contributed by atoms with Crippen LogP contribution < -0.4 is 15.8 Å². The Bertz CT molecular complexity index is 1180. The van der Waals surface area contributed by atoms with Crippen molar-refractivity contribution in [3.05, 3.63) is 35.0 Å². The van der Waals surface area contributed by atoms with E-state index in [0.29, 0.717) is 6.54 Å². The van der Waals surface area contributed by atoms with Crippen LogP contribution in [-0.2, 0) is 15.1 Å². The Balaban J connectivity index is 1.60. The number of fused-ring (bicyclic) bond motifs is 1. The van der Waals surface area contributed by atoms with E-state index in [4.69, 9.17) is 10.5 Å². The fraction of sp³-hybridized carbons (Fsp3) is 0.381.